The second kappa shape index (κ2) is 26.0. The van der Waals surface area contributed by atoms with Crippen molar-refractivity contribution in [2.45, 2.75) is 128 Å². The van der Waals surface area contributed by atoms with Crippen molar-refractivity contribution in [1.29, 1.82) is 0 Å². The van der Waals surface area contributed by atoms with Crippen molar-refractivity contribution >= 4 is 58.0 Å². The van der Waals surface area contributed by atoms with Crippen LogP contribution in [-0.4, -0.2) is 116 Å². The van der Waals surface area contributed by atoms with Crippen LogP contribution in [0.5, 0.6) is 0 Å². The minimum absolute atomic E-state index is 0.00945. The molecule has 8 unspecified atom stereocenters. The predicted molar refractivity (Wildman–Crippen MR) is 277 cm³/mol. The van der Waals surface area contributed by atoms with Gasteiger partial charge in [-0.1, -0.05) is 99.5 Å². The van der Waals surface area contributed by atoms with E-state index in [4.69, 9.17) is 5.73 Å². The summed E-state index contributed by atoms with van der Waals surface area (Å²) in [6, 6.07) is 20.7. The van der Waals surface area contributed by atoms with Crippen LogP contribution >= 0.6 is 0 Å². The van der Waals surface area contributed by atoms with Crippen LogP contribution in [0.4, 0.5) is 0 Å². The van der Waals surface area contributed by atoms with Gasteiger partial charge in [0.05, 0.1) is 41.7 Å². The van der Waals surface area contributed by atoms with Crippen LogP contribution in [0.1, 0.15) is 89.7 Å². The Kier molecular flexibility index (Phi) is 19.4. The summed E-state index contributed by atoms with van der Waals surface area (Å²) in [7, 11) is 0. The molecule has 2 heterocycles. The Bertz CT molecular complexity index is 2430. The first kappa shape index (κ1) is 54.4. The van der Waals surface area contributed by atoms with E-state index in [9.17, 15) is 38.4 Å². The third-order valence-corrected chi connectivity index (χ3v) is 15.1. The van der Waals surface area contributed by atoms with E-state index < -0.39 is 65.7 Å². The smallest absolute Gasteiger partial charge is 0.226 e. The Labute approximate surface area is 428 Å². The number of primary amides is 1. The number of nitrogens with two attached hydrogens (primary N) is 1. The number of carbonyl (C=O) groups excluding carboxylic acids is 8. The molecule has 0 aromatic heterocycles. The Morgan fingerprint density at radius 2 is 1.18 bits per heavy atom. The van der Waals surface area contributed by atoms with Gasteiger partial charge in [0.25, 0.3) is 0 Å². The highest BCUT2D eigenvalue weighted by atomic mass is 16.2. The van der Waals surface area contributed by atoms with E-state index in [2.05, 4.69) is 47.9 Å². The molecular formula is C55H76N10O8. The highest BCUT2D eigenvalue weighted by Crippen LogP contribution is 2.29. The van der Waals surface area contributed by atoms with Crippen molar-refractivity contribution in [2.75, 3.05) is 32.7 Å². The van der Waals surface area contributed by atoms with Crippen molar-refractivity contribution in [2.24, 2.45) is 41.2 Å². The van der Waals surface area contributed by atoms with Crippen LogP contribution in [0, 0.1) is 35.5 Å². The van der Waals surface area contributed by atoms with Crippen LogP contribution in [0.25, 0.3) is 10.8 Å². The molecule has 0 spiro atoms. The van der Waals surface area contributed by atoms with Gasteiger partial charge in [0, 0.05) is 76.7 Å². The molecule has 3 aromatic rings. The summed E-state index contributed by atoms with van der Waals surface area (Å²) in [5.74, 6) is -4.92. The fourth-order valence-corrected chi connectivity index (χ4v) is 11.5. The summed E-state index contributed by atoms with van der Waals surface area (Å²) in [5, 5.41) is 29.9. The molecule has 18 nitrogen and oxygen atoms in total. The van der Waals surface area contributed by atoms with Crippen LogP contribution < -0.4 is 53.6 Å². The first-order chi connectivity index (χ1) is 35.1. The summed E-state index contributed by atoms with van der Waals surface area (Å²) in [4.78, 5) is 107. The molecule has 0 radical (unpaired) electrons. The maximum atomic E-state index is 14.1. The molecule has 2 saturated heterocycles. The fraction of sp³-hybridized carbons (Fsp3) is 0.564. The van der Waals surface area contributed by atoms with Gasteiger partial charge in [-0.15, -0.1) is 0 Å². The largest absolute Gasteiger partial charge is 0.370 e. The van der Waals surface area contributed by atoms with Crippen LogP contribution in [-0.2, 0) is 51.2 Å². The minimum Gasteiger partial charge on any atom is -0.370 e. The van der Waals surface area contributed by atoms with Crippen molar-refractivity contribution in [3.8, 4) is 0 Å². The SMILES string of the molecule is CC(=O)NC1CCCC1C(=O)N[C@H](CC(=O)NC1CCCC1C(=O)NC[C@H](CC(C)C)C(=O)NC1CNCC1C(=O)NC1CNCC1C(=O)N[C@H](CC(N)=O)Cc1ccccc1)Cc1cccc2ccccc12. The van der Waals surface area contributed by atoms with Gasteiger partial charge < -0.3 is 53.6 Å². The lowest BCUT2D eigenvalue weighted by molar-refractivity contribution is -0.130. The standard InChI is InChI=1S/C55H76N10O8/c1-32(2)22-37(51(69)64-47-30-58-29-44(47)55(73)65-48-31-57-28-43(48)54(72)61-38(25-49(56)67)23-34-12-5-4-6-13-34)27-59-52(70)41-18-10-21-46(41)63-50(68)26-39(24-36-16-9-15-35-14-7-8-17-40(35)36)62-53(71)42-19-11-20-45(42)60-33(3)66/h4-9,12-17,32,37-39,41-48,57-58H,10-11,18-31H2,1-3H3,(H2,56,67)(H,59,70)(H,60,66)(H,61,72)(H,62,71)(H,63,68)(H,64,69)(H,65,73)/t37-,38-,39-,41?,42?,43?,44?,45?,46?,47?,48?/m0/s1. The van der Waals surface area contributed by atoms with Gasteiger partial charge in [-0.2, -0.15) is 0 Å². The van der Waals surface area contributed by atoms with Gasteiger partial charge in [-0.25, -0.2) is 0 Å². The van der Waals surface area contributed by atoms with Crippen molar-refractivity contribution in [1.82, 2.24) is 47.9 Å². The number of benzene rings is 3. The Balaban J connectivity index is 0.926. The monoisotopic (exact) mass is 1000 g/mol. The Morgan fingerprint density at radius 1 is 0.589 bits per heavy atom. The Hall–Kier alpha value is -6.40. The molecule has 4 fully saturated rings. The average molecular weight is 1010 g/mol. The van der Waals surface area contributed by atoms with Crippen molar-refractivity contribution in [3.63, 3.8) is 0 Å². The Morgan fingerprint density at radius 3 is 1.85 bits per heavy atom. The van der Waals surface area contributed by atoms with E-state index in [0.29, 0.717) is 71.1 Å². The minimum atomic E-state index is -0.616. The molecule has 2 aliphatic heterocycles. The molecule has 18 heteroatoms. The number of amides is 8. The summed E-state index contributed by atoms with van der Waals surface area (Å²) >= 11 is 0. The van der Waals surface area contributed by atoms with E-state index in [1.807, 2.05) is 86.6 Å². The highest BCUT2D eigenvalue weighted by Gasteiger charge is 2.41. The zero-order valence-electron chi connectivity index (χ0n) is 42.5. The topological polar surface area (TPSA) is 271 Å². The summed E-state index contributed by atoms with van der Waals surface area (Å²) in [6.07, 6.45) is 5.32. The maximum absolute atomic E-state index is 14.1. The zero-order chi connectivity index (χ0) is 52.0. The lowest BCUT2D eigenvalue weighted by Crippen LogP contribution is -2.54. The van der Waals surface area contributed by atoms with Crippen molar-refractivity contribution < 1.29 is 38.4 Å². The van der Waals surface area contributed by atoms with Crippen LogP contribution in [0.2, 0.25) is 0 Å². The predicted octanol–water partition coefficient (Wildman–Crippen LogP) is 1.64. The van der Waals surface area contributed by atoms with Gasteiger partial charge >= 0.3 is 0 Å². The molecule has 4 aliphatic rings. The number of rotatable bonds is 23. The average Bonchev–Trinajstić information content (AvgIpc) is 4.19. The number of nitrogens with one attached hydrogen (secondary N) is 9. The lowest BCUT2D eigenvalue weighted by atomic mass is 9.93. The van der Waals surface area contributed by atoms with E-state index in [0.717, 1.165) is 34.7 Å². The summed E-state index contributed by atoms with van der Waals surface area (Å²) in [6.45, 7) is 6.91. The summed E-state index contributed by atoms with van der Waals surface area (Å²) < 4.78 is 0. The van der Waals surface area contributed by atoms with Gasteiger partial charge in [0.1, 0.15) is 0 Å². The third-order valence-electron chi connectivity index (χ3n) is 15.1. The molecule has 11 atom stereocenters. The first-order valence-corrected chi connectivity index (χ1v) is 26.4. The number of hydrogen-bond donors (Lipinski definition) is 10. The highest BCUT2D eigenvalue weighted by molar-refractivity contribution is 5.88. The molecule has 7 rings (SSSR count). The molecule has 2 saturated carbocycles. The third kappa shape index (κ3) is 15.3. The first-order valence-electron chi connectivity index (χ1n) is 26.4. The van der Waals surface area contributed by atoms with Gasteiger partial charge in [-0.05, 0) is 72.8 Å². The fourth-order valence-electron chi connectivity index (χ4n) is 11.5. The second-order valence-electron chi connectivity index (χ2n) is 21.2. The number of fused-ring (bicyclic) bond motifs is 1. The van der Waals surface area contributed by atoms with Gasteiger partial charge in [0.15, 0.2) is 0 Å². The number of carbonyl (C=O) groups is 8. The van der Waals surface area contributed by atoms with Crippen molar-refractivity contribution in [3.05, 3.63) is 83.9 Å². The molecule has 11 N–H and O–H groups in total. The molecule has 73 heavy (non-hydrogen) atoms. The normalized spacial score (nSPS) is 24.8. The lowest BCUT2D eigenvalue weighted by Gasteiger charge is -2.27. The van der Waals surface area contributed by atoms with Crippen LogP contribution in [0.15, 0.2) is 72.8 Å². The molecule has 394 valence electrons. The molecule has 3 aromatic carbocycles. The summed E-state index contributed by atoms with van der Waals surface area (Å²) in [5.41, 5.74) is 7.48. The maximum Gasteiger partial charge on any atom is 0.226 e. The van der Waals surface area contributed by atoms with E-state index in [-0.39, 0.29) is 72.7 Å². The number of hydrogen-bond acceptors (Lipinski definition) is 10. The van der Waals surface area contributed by atoms with Crippen LogP contribution in [0.3, 0.4) is 0 Å². The molecule has 0 bridgehead atoms. The van der Waals surface area contributed by atoms with E-state index >= 15 is 0 Å². The molecule has 2 aliphatic carbocycles. The van der Waals surface area contributed by atoms with E-state index in [1.54, 1.807) is 0 Å². The molecular weight excluding hydrogens is 929 g/mol. The van der Waals surface area contributed by atoms with Gasteiger partial charge in [-0.3, -0.25) is 38.4 Å². The van der Waals surface area contributed by atoms with E-state index in [1.165, 1.54) is 6.92 Å². The quantitative estimate of drug-likeness (QED) is 0.0656. The second-order valence-corrected chi connectivity index (χ2v) is 21.2. The van der Waals surface area contributed by atoms with Gasteiger partial charge in [0.2, 0.25) is 47.3 Å². The zero-order valence-corrected chi connectivity index (χ0v) is 42.5. The molecule has 8 amide bonds.